The molecule has 2 nitrogen and oxygen atoms in total. The van der Waals surface area contributed by atoms with Gasteiger partial charge in [-0.3, -0.25) is 0 Å². The molecule has 3 heteroatoms. The lowest BCUT2D eigenvalue weighted by molar-refractivity contribution is 1.45. The molecule has 82 valence electrons. The van der Waals surface area contributed by atoms with Crippen molar-refractivity contribution in [3.63, 3.8) is 0 Å². The molecule has 0 saturated heterocycles. The first-order valence-electron chi connectivity index (χ1n) is 5.04. The van der Waals surface area contributed by atoms with Crippen molar-refractivity contribution in [1.29, 1.82) is 0 Å². The predicted molar refractivity (Wildman–Crippen MR) is 78.0 cm³/mol. The van der Waals surface area contributed by atoms with Gasteiger partial charge in [0.1, 0.15) is 0 Å². The van der Waals surface area contributed by atoms with Gasteiger partial charge in [0, 0.05) is 20.6 Å². The van der Waals surface area contributed by atoms with E-state index >= 15 is 0 Å². The highest BCUT2D eigenvalue weighted by molar-refractivity contribution is 14.1. The molecular weight excluding hydrogens is 311 g/mol. The van der Waals surface area contributed by atoms with Gasteiger partial charge in [-0.1, -0.05) is 0 Å². The van der Waals surface area contributed by atoms with E-state index in [0.29, 0.717) is 0 Å². The Morgan fingerprint density at radius 2 is 1.62 bits per heavy atom. The van der Waals surface area contributed by atoms with Gasteiger partial charge in [-0.2, -0.15) is 0 Å². The van der Waals surface area contributed by atoms with Gasteiger partial charge < -0.3 is 11.1 Å². The standard InChI is InChI=1S/C13H13IN2/c1-9-8-12(6-7-13(9)15)16-11-4-2-10(14)3-5-11/h2-8,16H,15H2,1H3. The summed E-state index contributed by atoms with van der Waals surface area (Å²) in [6, 6.07) is 14.2. The maximum Gasteiger partial charge on any atom is 0.0388 e. The molecule has 0 saturated carbocycles. The minimum absolute atomic E-state index is 0.827. The quantitative estimate of drug-likeness (QED) is 0.649. The van der Waals surface area contributed by atoms with Crippen LogP contribution in [-0.4, -0.2) is 0 Å². The summed E-state index contributed by atoms with van der Waals surface area (Å²) in [4.78, 5) is 0. The van der Waals surface area contributed by atoms with E-state index in [9.17, 15) is 0 Å². The van der Waals surface area contributed by atoms with Crippen LogP contribution in [0.1, 0.15) is 5.56 Å². The average molecular weight is 324 g/mol. The van der Waals surface area contributed by atoms with Crippen molar-refractivity contribution in [3.05, 3.63) is 51.6 Å². The number of hydrogen-bond acceptors (Lipinski definition) is 2. The van der Waals surface area contributed by atoms with E-state index in [1.54, 1.807) is 0 Å². The molecule has 3 N–H and O–H groups in total. The van der Waals surface area contributed by atoms with Crippen molar-refractivity contribution in [2.75, 3.05) is 11.1 Å². The van der Waals surface area contributed by atoms with E-state index in [2.05, 4.69) is 52.2 Å². The van der Waals surface area contributed by atoms with Crippen molar-refractivity contribution >= 4 is 39.7 Å². The molecule has 0 bridgehead atoms. The number of anilines is 3. The highest BCUT2D eigenvalue weighted by Gasteiger charge is 1.97. The van der Waals surface area contributed by atoms with Crippen LogP contribution in [0.25, 0.3) is 0 Å². The van der Waals surface area contributed by atoms with E-state index in [0.717, 1.165) is 22.6 Å². The third-order valence-electron chi connectivity index (χ3n) is 2.40. The first-order valence-corrected chi connectivity index (χ1v) is 6.12. The number of nitrogens with one attached hydrogen (secondary N) is 1. The summed E-state index contributed by atoms with van der Waals surface area (Å²) in [6.07, 6.45) is 0. The molecule has 2 aromatic rings. The molecule has 0 radical (unpaired) electrons. The third kappa shape index (κ3) is 2.66. The fourth-order valence-electron chi connectivity index (χ4n) is 1.45. The Balaban J connectivity index is 2.20. The average Bonchev–Trinajstić information content (AvgIpc) is 2.27. The molecule has 0 aromatic heterocycles. The van der Waals surface area contributed by atoms with Crippen LogP contribution in [0.3, 0.4) is 0 Å². The number of nitrogen functional groups attached to an aromatic ring is 1. The SMILES string of the molecule is Cc1cc(Nc2ccc(I)cc2)ccc1N. The van der Waals surface area contributed by atoms with Crippen molar-refractivity contribution in [1.82, 2.24) is 0 Å². The molecular formula is C13H13IN2. The molecule has 0 heterocycles. The van der Waals surface area contributed by atoms with Crippen molar-refractivity contribution in [2.45, 2.75) is 6.92 Å². The molecule has 0 aliphatic rings. The molecule has 0 aliphatic carbocycles. The fourth-order valence-corrected chi connectivity index (χ4v) is 1.81. The molecule has 16 heavy (non-hydrogen) atoms. The maximum atomic E-state index is 5.77. The molecule has 0 fully saturated rings. The lowest BCUT2D eigenvalue weighted by Crippen LogP contribution is -1.93. The van der Waals surface area contributed by atoms with E-state index in [1.165, 1.54) is 3.57 Å². The number of aryl methyl sites for hydroxylation is 1. The lowest BCUT2D eigenvalue weighted by Gasteiger charge is -2.08. The van der Waals surface area contributed by atoms with Gasteiger partial charge in [0.15, 0.2) is 0 Å². The van der Waals surface area contributed by atoms with Gasteiger partial charge in [-0.25, -0.2) is 0 Å². The predicted octanol–water partition coefficient (Wildman–Crippen LogP) is 3.93. The third-order valence-corrected chi connectivity index (χ3v) is 3.12. The summed E-state index contributed by atoms with van der Waals surface area (Å²) >= 11 is 2.29. The minimum Gasteiger partial charge on any atom is -0.399 e. The molecule has 0 unspecified atom stereocenters. The van der Waals surface area contributed by atoms with Crippen LogP contribution in [-0.2, 0) is 0 Å². The molecule has 2 aromatic carbocycles. The van der Waals surface area contributed by atoms with E-state index in [-0.39, 0.29) is 0 Å². The van der Waals surface area contributed by atoms with Crippen LogP contribution in [0.15, 0.2) is 42.5 Å². The summed E-state index contributed by atoms with van der Waals surface area (Å²) in [6.45, 7) is 2.01. The van der Waals surface area contributed by atoms with Crippen LogP contribution < -0.4 is 11.1 Å². The van der Waals surface area contributed by atoms with Gasteiger partial charge in [-0.05, 0) is 77.5 Å². The molecule has 0 aliphatic heterocycles. The molecule has 2 rings (SSSR count). The zero-order valence-electron chi connectivity index (χ0n) is 9.00. The largest absolute Gasteiger partial charge is 0.399 e. The number of benzene rings is 2. The van der Waals surface area contributed by atoms with Crippen molar-refractivity contribution in [3.8, 4) is 0 Å². The minimum atomic E-state index is 0.827. The summed E-state index contributed by atoms with van der Waals surface area (Å²) in [5.74, 6) is 0. The number of rotatable bonds is 2. The smallest absolute Gasteiger partial charge is 0.0388 e. The van der Waals surface area contributed by atoms with Crippen LogP contribution in [0.2, 0.25) is 0 Å². The summed E-state index contributed by atoms with van der Waals surface area (Å²) in [7, 11) is 0. The Kier molecular flexibility index (Phi) is 3.33. The Labute approximate surface area is 109 Å². The summed E-state index contributed by atoms with van der Waals surface area (Å²) in [5.41, 5.74) is 9.84. The summed E-state index contributed by atoms with van der Waals surface area (Å²) < 4.78 is 1.23. The normalized spacial score (nSPS) is 10.1. The second kappa shape index (κ2) is 4.74. The number of hydrogen-bond donors (Lipinski definition) is 2. The maximum absolute atomic E-state index is 5.77. The first kappa shape index (κ1) is 11.3. The highest BCUT2D eigenvalue weighted by Crippen LogP contribution is 2.21. The van der Waals surface area contributed by atoms with E-state index in [4.69, 9.17) is 5.73 Å². The van der Waals surface area contributed by atoms with Crippen LogP contribution in [0.5, 0.6) is 0 Å². The Hall–Kier alpha value is -1.23. The monoisotopic (exact) mass is 324 g/mol. The lowest BCUT2D eigenvalue weighted by atomic mass is 10.2. The van der Waals surface area contributed by atoms with Crippen molar-refractivity contribution < 1.29 is 0 Å². The van der Waals surface area contributed by atoms with Crippen molar-refractivity contribution in [2.24, 2.45) is 0 Å². The second-order valence-corrected chi connectivity index (χ2v) is 4.95. The zero-order valence-corrected chi connectivity index (χ0v) is 11.2. The van der Waals surface area contributed by atoms with Gasteiger partial charge in [0.05, 0.1) is 0 Å². The fraction of sp³-hybridized carbons (Fsp3) is 0.0769. The zero-order chi connectivity index (χ0) is 11.5. The number of halogens is 1. The summed E-state index contributed by atoms with van der Waals surface area (Å²) in [5, 5.41) is 3.34. The highest BCUT2D eigenvalue weighted by atomic mass is 127. The first-order chi connectivity index (χ1) is 7.65. The Bertz CT molecular complexity index is 492. The Morgan fingerprint density at radius 3 is 2.25 bits per heavy atom. The van der Waals surface area contributed by atoms with Crippen LogP contribution in [0.4, 0.5) is 17.1 Å². The van der Waals surface area contributed by atoms with Crippen LogP contribution >= 0.6 is 22.6 Å². The molecule has 0 atom stereocenters. The van der Waals surface area contributed by atoms with E-state index < -0.39 is 0 Å². The van der Waals surface area contributed by atoms with Gasteiger partial charge in [-0.15, -0.1) is 0 Å². The van der Waals surface area contributed by atoms with Crippen LogP contribution in [0, 0.1) is 10.5 Å². The van der Waals surface area contributed by atoms with E-state index in [1.807, 2.05) is 25.1 Å². The second-order valence-electron chi connectivity index (χ2n) is 3.70. The van der Waals surface area contributed by atoms with Gasteiger partial charge in [0.25, 0.3) is 0 Å². The number of nitrogens with two attached hydrogens (primary N) is 1. The Morgan fingerprint density at radius 1 is 1.00 bits per heavy atom. The molecule has 0 spiro atoms. The topological polar surface area (TPSA) is 38.0 Å². The molecule has 0 amide bonds. The van der Waals surface area contributed by atoms with Gasteiger partial charge in [0.2, 0.25) is 0 Å². The van der Waals surface area contributed by atoms with Gasteiger partial charge >= 0.3 is 0 Å².